The monoisotopic (exact) mass is 1130 g/mol. The summed E-state index contributed by atoms with van der Waals surface area (Å²) in [5.74, 6) is -1.61. The van der Waals surface area contributed by atoms with E-state index in [1.807, 2.05) is 6.92 Å². The van der Waals surface area contributed by atoms with Crippen LogP contribution >= 0.6 is 0 Å². The van der Waals surface area contributed by atoms with E-state index in [0.717, 1.165) is 75.9 Å². The average Bonchev–Trinajstić information content (AvgIpc) is 0.948. The summed E-state index contributed by atoms with van der Waals surface area (Å²) < 4.78 is 0. The van der Waals surface area contributed by atoms with Gasteiger partial charge in [-0.25, -0.2) is 10.9 Å². The third kappa shape index (κ3) is 13.8. The molecule has 1 saturated heterocycles. The Morgan fingerprint density at radius 2 is 1.27 bits per heavy atom. The van der Waals surface area contributed by atoms with E-state index in [1.54, 1.807) is 25.1 Å². The predicted octanol–water partition coefficient (Wildman–Crippen LogP) is 3.78. The van der Waals surface area contributed by atoms with Gasteiger partial charge in [-0.15, -0.1) is 0 Å². The maximum atomic E-state index is 13.4. The summed E-state index contributed by atoms with van der Waals surface area (Å²) in [7, 11) is 0. The molecule has 0 amide bonds. The molecular weight excluding hydrogens is 1050 g/mol. The number of guanidine groups is 2. The van der Waals surface area contributed by atoms with Crippen LogP contribution in [0.4, 0.5) is 11.4 Å². The standard InChI is InChI=1S/C28H36O3.C22H28N4O6.C5H12N8.C4H10N2/c1-16-13-23-25(3,15-21(16)30)9-11-27(5)22-8-7-18-17(2)24(31)20(29)14-19(18)26(22,4)10-12-28(23,27)6;27-11-9-23-5-7-25-13-1-2-14(26-8-6-24-10-12-28)18-17(13)21(31)19-15(29)3-4-16(30)20(19)22(18)32;1-3(11-13-5(8)9)2-10-12-4(6)7;1-2-6-4-3-5-1/h7-8,14,16,23,31H,9-13,15H2,1-6H3;1-4,23-30H,5-12H2;2H,1H3,(H4,6,7,12)(H4,8,9,13);5-6H,1-4H2/b;;10-2+,11-3+;/t16-,23-,25+,26+,27+,28-;;;/m1.../s1. The minimum Gasteiger partial charge on any atom is -0.507 e. The fraction of sp³-hybridized carbons (Fsp3) is 0.525. The zero-order chi connectivity index (χ0) is 60.2. The summed E-state index contributed by atoms with van der Waals surface area (Å²) in [6.07, 6.45) is 13.5. The lowest BCUT2D eigenvalue weighted by Crippen LogP contribution is -2.61. The SMILES string of the molecule is C1CNCCN1.CC(/C=N/NC(=N)N)=N\NC(=N)N.CC1=C(O)C(=O)C=C2C1=CC=C1[C@@]2(C)CC[C@]2(C)[C@@H]3C[C@@H](C)C(=O)C[C@]3(C)CC[C@@]12C.O=C1c2c(O)ccc(O)c2C(=O)c2c(NCCNCCO)ccc(NCCNCCO)c21. The molecule has 6 aliphatic carbocycles. The third-order valence-electron chi connectivity index (χ3n) is 17.5. The van der Waals surface area contributed by atoms with E-state index in [9.17, 15) is 34.5 Å². The first-order chi connectivity index (χ1) is 38.9. The molecule has 7 aliphatic rings. The summed E-state index contributed by atoms with van der Waals surface area (Å²) >= 11 is 0. The highest BCUT2D eigenvalue weighted by Gasteiger charge is 2.66. The topological polar surface area (TPSA) is 390 Å². The first kappa shape index (κ1) is 63.9. The van der Waals surface area contributed by atoms with Crippen molar-refractivity contribution in [2.75, 3.05) is 89.3 Å². The molecular formula is C59H86N14O9. The number of hydrazone groups is 2. The Balaban J connectivity index is 0.000000201. The second kappa shape index (κ2) is 27.7. The van der Waals surface area contributed by atoms with E-state index in [4.69, 9.17) is 32.5 Å². The van der Waals surface area contributed by atoms with Crippen molar-refractivity contribution in [2.24, 2.45) is 55.2 Å². The van der Waals surface area contributed by atoms with Crippen LogP contribution in [-0.4, -0.2) is 151 Å². The van der Waals surface area contributed by atoms with E-state index >= 15 is 0 Å². The number of carbonyl (C=O) groups is 4. The number of phenolic OH excluding ortho intramolecular Hbond substituents is 2. The highest BCUT2D eigenvalue weighted by Crippen LogP contribution is 2.74. The summed E-state index contributed by atoms with van der Waals surface area (Å²) in [6, 6.07) is 5.74. The Hall–Kier alpha value is -7.28. The van der Waals surface area contributed by atoms with E-state index in [1.165, 1.54) is 23.9 Å². The van der Waals surface area contributed by atoms with Gasteiger partial charge in [-0.1, -0.05) is 52.3 Å². The first-order valence-electron chi connectivity index (χ1n) is 28.1. The quantitative estimate of drug-likeness (QED) is 0.0338. The number of hydrogen-bond acceptors (Lipinski definition) is 19. The van der Waals surface area contributed by atoms with Crippen molar-refractivity contribution in [1.82, 2.24) is 32.1 Å². The highest BCUT2D eigenvalue weighted by molar-refractivity contribution is 6.33. The van der Waals surface area contributed by atoms with Gasteiger partial charge in [0.2, 0.25) is 29.3 Å². The Labute approximate surface area is 480 Å². The molecule has 9 rings (SSSR count). The van der Waals surface area contributed by atoms with E-state index in [0.29, 0.717) is 73.6 Å². The van der Waals surface area contributed by atoms with E-state index in [2.05, 4.69) is 99.7 Å². The number of nitrogens with one attached hydrogen (secondary N) is 10. The Morgan fingerprint density at radius 3 is 1.77 bits per heavy atom. The number of allylic oxidation sites excluding steroid dienone is 7. The molecule has 2 aromatic carbocycles. The lowest BCUT2D eigenvalue weighted by Gasteiger charge is -2.69. The number of ketones is 4. The molecule has 1 aliphatic heterocycles. The smallest absolute Gasteiger partial charge is 0.220 e. The van der Waals surface area contributed by atoms with Crippen LogP contribution in [0.25, 0.3) is 0 Å². The number of fused-ring (bicyclic) bond motifs is 9. The maximum Gasteiger partial charge on any atom is 0.220 e. The summed E-state index contributed by atoms with van der Waals surface area (Å²) in [4.78, 5) is 51.9. The van der Waals surface area contributed by atoms with Crippen LogP contribution in [-0.2, 0) is 9.59 Å². The summed E-state index contributed by atoms with van der Waals surface area (Å²) in [6.45, 7) is 22.6. The van der Waals surface area contributed by atoms with Gasteiger partial charge in [0.05, 0.1) is 47.4 Å². The van der Waals surface area contributed by atoms with Crippen LogP contribution < -0.4 is 54.2 Å². The lowest BCUT2D eigenvalue weighted by atomic mass is 9.35. The Bertz CT molecular complexity index is 2880. The number of aliphatic hydroxyl groups is 3. The van der Waals surface area contributed by atoms with Gasteiger partial charge in [0.1, 0.15) is 17.3 Å². The third-order valence-corrected chi connectivity index (χ3v) is 17.5. The largest absolute Gasteiger partial charge is 0.507 e. The van der Waals surface area contributed by atoms with Crippen LogP contribution in [0.5, 0.6) is 11.5 Å². The molecule has 82 heavy (non-hydrogen) atoms. The normalized spacial score (nSPS) is 26.1. The van der Waals surface area contributed by atoms with E-state index in [-0.39, 0.29) is 98.0 Å². The molecule has 446 valence electrons. The van der Waals surface area contributed by atoms with Gasteiger partial charge >= 0.3 is 0 Å². The van der Waals surface area contributed by atoms with Crippen LogP contribution in [0.3, 0.4) is 0 Å². The van der Waals surface area contributed by atoms with Crippen molar-refractivity contribution in [1.29, 1.82) is 10.8 Å². The minimum absolute atomic E-state index is 0.00939. The number of phenols is 2. The number of aromatic hydroxyl groups is 2. The Morgan fingerprint density at radius 1 is 0.732 bits per heavy atom. The predicted molar refractivity (Wildman–Crippen MR) is 320 cm³/mol. The van der Waals surface area contributed by atoms with Crippen molar-refractivity contribution in [3.8, 4) is 11.5 Å². The fourth-order valence-electron chi connectivity index (χ4n) is 13.0. The van der Waals surface area contributed by atoms with Crippen LogP contribution in [0.1, 0.15) is 119 Å². The van der Waals surface area contributed by atoms with E-state index < -0.39 is 11.6 Å². The van der Waals surface area contributed by atoms with Gasteiger partial charge in [0.15, 0.2) is 5.76 Å². The first-order valence-corrected chi connectivity index (χ1v) is 28.1. The molecule has 23 nitrogen and oxygen atoms in total. The molecule has 6 atom stereocenters. The number of Topliss-reactive ketones (excluding diaryl/α,β-unsaturated/α-hetero) is 1. The van der Waals surface area contributed by atoms with Gasteiger partial charge in [-0.2, -0.15) is 10.2 Å². The van der Waals surface area contributed by atoms with Crippen LogP contribution in [0.2, 0.25) is 0 Å². The molecule has 23 heteroatoms. The summed E-state index contributed by atoms with van der Waals surface area (Å²) in [5.41, 5.74) is 19.9. The number of anilines is 2. The summed E-state index contributed by atoms with van der Waals surface area (Å²) in [5, 5.41) is 88.0. The van der Waals surface area contributed by atoms with Gasteiger partial charge < -0.3 is 68.9 Å². The van der Waals surface area contributed by atoms with Crippen molar-refractivity contribution in [3.63, 3.8) is 0 Å². The zero-order valence-electron chi connectivity index (χ0n) is 48.4. The van der Waals surface area contributed by atoms with Crippen LogP contribution in [0, 0.1) is 44.3 Å². The van der Waals surface area contributed by atoms with Crippen LogP contribution in [0.15, 0.2) is 80.7 Å². The molecule has 0 spiro atoms. The van der Waals surface area contributed by atoms with Gasteiger partial charge in [0, 0.05) is 100 Å². The molecule has 3 saturated carbocycles. The van der Waals surface area contributed by atoms with Gasteiger partial charge in [-0.05, 0) is 110 Å². The number of nitrogens with zero attached hydrogens (tertiary/aromatic N) is 2. The number of benzene rings is 2. The molecule has 0 bridgehead atoms. The highest BCUT2D eigenvalue weighted by atomic mass is 16.3. The number of hydrogen-bond donors (Lipinski definition) is 17. The van der Waals surface area contributed by atoms with Crippen molar-refractivity contribution in [3.05, 3.63) is 92.8 Å². The Kier molecular flexibility index (Phi) is 21.6. The molecule has 2 aromatic rings. The number of piperazine rings is 1. The molecule has 4 fully saturated rings. The second-order valence-electron chi connectivity index (χ2n) is 22.9. The fourth-order valence-corrected chi connectivity index (χ4v) is 13.0. The van der Waals surface area contributed by atoms with Gasteiger partial charge in [0.25, 0.3) is 0 Å². The van der Waals surface area contributed by atoms with Crippen molar-refractivity contribution < 1.29 is 44.7 Å². The molecule has 19 N–H and O–H groups in total. The number of rotatable bonds is 15. The molecule has 1 heterocycles. The average molecular weight is 1140 g/mol. The number of carbonyl (C=O) groups excluding carboxylic acids is 4. The van der Waals surface area contributed by atoms with Gasteiger partial charge in [-0.3, -0.25) is 30.0 Å². The maximum absolute atomic E-state index is 13.4. The molecule has 0 aromatic heterocycles. The van der Waals surface area contributed by atoms with Crippen molar-refractivity contribution >= 4 is 58.4 Å². The molecule has 0 unspecified atom stereocenters. The minimum atomic E-state index is -0.559. The zero-order valence-corrected chi connectivity index (χ0v) is 48.4. The molecule has 0 radical (unpaired) electrons. The second-order valence-corrected chi connectivity index (χ2v) is 22.9. The van der Waals surface area contributed by atoms with Crippen molar-refractivity contribution in [2.45, 2.75) is 87.0 Å². The number of nitrogens with two attached hydrogens (primary N) is 2. The lowest BCUT2D eigenvalue weighted by molar-refractivity contribution is -0.161. The number of aliphatic hydroxyl groups excluding tert-OH is 3.